The van der Waals surface area contributed by atoms with Crippen molar-refractivity contribution in [2.24, 2.45) is 5.92 Å². The van der Waals surface area contributed by atoms with Crippen LogP contribution in [0.5, 0.6) is 11.5 Å². The third-order valence-electron chi connectivity index (χ3n) is 6.89. The number of nitrogens with one attached hydrogen (secondary N) is 2. The highest BCUT2D eigenvalue weighted by Crippen LogP contribution is 2.19. The average Bonchev–Trinajstić information content (AvgIpc) is 2.94. The summed E-state index contributed by atoms with van der Waals surface area (Å²) >= 11 is 0. The number of amides is 4. The normalized spacial score (nSPS) is 18.8. The molecule has 2 atom stereocenters. The van der Waals surface area contributed by atoms with Crippen molar-refractivity contribution in [2.45, 2.75) is 52.1 Å². The molecule has 10 nitrogen and oxygen atoms in total. The van der Waals surface area contributed by atoms with Crippen LogP contribution in [0.25, 0.3) is 0 Å². The quantitative estimate of drug-likeness (QED) is 0.532. The molecule has 0 unspecified atom stereocenters. The maximum absolute atomic E-state index is 13.5. The maximum atomic E-state index is 13.5. The van der Waals surface area contributed by atoms with Gasteiger partial charge in [-0.2, -0.15) is 0 Å². The van der Waals surface area contributed by atoms with Gasteiger partial charge in [-0.15, -0.1) is 0 Å². The zero-order valence-electron chi connectivity index (χ0n) is 24.6. The van der Waals surface area contributed by atoms with Crippen LogP contribution in [0, 0.1) is 12.8 Å². The Morgan fingerprint density at radius 2 is 1.80 bits per heavy atom. The van der Waals surface area contributed by atoms with Gasteiger partial charge < -0.3 is 29.9 Å². The molecule has 4 amide bonds. The third kappa shape index (κ3) is 9.51. The molecule has 10 heteroatoms. The molecule has 1 heterocycles. The molecule has 222 valence electrons. The fraction of sp³-hybridized carbons (Fsp3) is 0.484. The molecule has 3 rings (SSSR count). The minimum atomic E-state index is -0.974. The molecular weight excluding hydrogens is 524 g/mol. The summed E-state index contributed by atoms with van der Waals surface area (Å²) in [5, 5.41) is 5.65. The van der Waals surface area contributed by atoms with Crippen LogP contribution in [0.2, 0.25) is 0 Å². The number of nitrogens with zero attached hydrogens (tertiary/aromatic N) is 2. The first-order chi connectivity index (χ1) is 19.5. The molecule has 0 aliphatic carbocycles. The Bertz CT molecular complexity index is 1200. The van der Waals surface area contributed by atoms with Crippen molar-refractivity contribution < 1.29 is 28.7 Å². The van der Waals surface area contributed by atoms with Gasteiger partial charge in [0.05, 0.1) is 18.7 Å². The standard InChI is InChI=1S/C31H42N4O6/c1-21(2)20-26-31(39)35(5)17-19-41-27-9-7-6-8-24(27)29(37)33-25(14-15-28(36)32-26)30(38)34(4)16-18-40-23-12-10-22(3)11-13-23/h6-13,21,25-26H,14-20H2,1-5H3,(H,32,36)(H,33,37)/t25-,26-/m0/s1. The number of fused-ring (bicyclic) bond motifs is 1. The first-order valence-corrected chi connectivity index (χ1v) is 14.1. The minimum Gasteiger partial charge on any atom is -0.492 e. The Labute approximate surface area is 242 Å². The van der Waals surface area contributed by atoms with E-state index in [1.54, 1.807) is 38.4 Å². The lowest BCUT2D eigenvalue weighted by Crippen LogP contribution is -2.50. The van der Waals surface area contributed by atoms with Crippen LogP contribution in [-0.2, 0) is 14.4 Å². The minimum absolute atomic E-state index is 0.0475. The number of carbonyl (C=O) groups excluding carboxylic acids is 4. The third-order valence-corrected chi connectivity index (χ3v) is 6.89. The smallest absolute Gasteiger partial charge is 0.255 e. The Morgan fingerprint density at radius 1 is 1.10 bits per heavy atom. The number of ether oxygens (including phenoxy) is 2. The lowest BCUT2D eigenvalue weighted by Gasteiger charge is -2.26. The fourth-order valence-corrected chi connectivity index (χ4v) is 4.49. The largest absolute Gasteiger partial charge is 0.492 e. The van der Waals surface area contributed by atoms with Crippen LogP contribution in [0.3, 0.4) is 0 Å². The molecule has 0 bridgehead atoms. The van der Waals surface area contributed by atoms with E-state index in [-0.39, 0.29) is 68.3 Å². The van der Waals surface area contributed by atoms with Gasteiger partial charge in [-0.25, -0.2) is 0 Å². The van der Waals surface area contributed by atoms with Crippen molar-refractivity contribution in [1.82, 2.24) is 20.4 Å². The second-order valence-electron chi connectivity index (χ2n) is 10.8. The highest BCUT2D eigenvalue weighted by atomic mass is 16.5. The second kappa shape index (κ2) is 15.1. The van der Waals surface area contributed by atoms with Gasteiger partial charge in [0.1, 0.15) is 36.8 Å². The lowest BCUT2D eigenvalue weighted by atomic mass is 10.0. The molecule has 0 saturated carbocycles. The monoisotopic (exact) mass is 566 g/mol. The van der Waals surface area contributed by atoms with E-state index in [4.69, 9.17) is 9.47 Å². The predicted octanol–water partition coefficient (Wildman–Crippen LogP) is 2.79. The Balaban J connectivity index is 1.78. The van der Waals surface area contributed by atoms with Crippen LogP contribution in [0.15, 0.2) is 48.5 Å². The van der Waals surface area contributed by atoms with Crippen LogP contribution in [-0.4, -0.2) is 85.9 Å². The molecule has 0 saturated heterocycles. The van der Waals surface area contributed by atoms with Gasteiger partial charge in [0.25, 0.3) is 5.91 Å². The molecule has 2 N–H and O–H groups in total. The van der Waals surface area contributed by atoms with Gasteiger partial charge in [-0.05, 0) is 49.9 Å². The van der Waals surface area contributed by atoms with E-state index >= 15 is 0 Å². The van der Waals surface area contributed by atoms with E-state index in [2.05, 4.69) is 10.6 Å². The Hall–Kier alpha value is -4.08. The lowest BCUT2D eigenvalue weighted by molar-refractivity contribution is -0.136. The summed E-state index contributed by atoms with van der Waals surface area (Å²) in [7, 11) is 3.29. The molecule has 0 fully saturated rings. The van der Waals surface area contributed by atoms with Crippen molar-refractivity contribution in [3.05, 3.63) is 59.7 Å². The van der Waals surface area contributed by atoms with Gasteiger partial charge in [-0.1, -0.05) is 43.7 Å². The molecule has 1 aliphatic heterocycles. The number of benzene rings is 2. The maximum Gasteiger partial charge on any atom is 0.255 e. The molecule has 0 radical (unpaired) electrons. The number of likely N-dealkylation sites (N-methyl/N-ethyl adjacent to an activating group) is 2. The summed E-state index contributed by atoms with van der Waals surface area (Å²) < 4.78 is 11.6. The van der Waals surface area contributed by atoms with Gasteiger partial charge in [-0.3, -0.25) is 19.2 Å². The fourth-order valence-electron chi connectivity index (χ4n) is 4.49. The van der Waals surface area contributed by atoms with Gasteiger partial charge in [0.2, 0.25) is 17.7 Å². The molecule has 0 spiro atoms. The molecule has 2 aromatic rings. The number of carbonyl (C=O) groups is 4. The van der Waals surface area contributed by atoms with E-state index in [1.165, 1.54) is 9.80 Å². The zero-order valence-corrected chi connectivity index (χ0v) is 24.6. The number of para-hydroxylation sites is 1. The van der Waals surface area contributed by atoms with E-state index in [0.29, 0.717) is 17.9 Å². The van der Waals surface area contributed by atoms with Gasteiger partial charge in [0, 0.05) is 20.5 Å². The number of rotatable bonds is 7. The number of hydrogen-bond acceptors (Lipinski definition) is 6. The number of aryl methyl sites for hydroxylation is 1. The zero-order chi connectivity index (χ0) is 29.9. The first-order valence-electron chi connectivity index (χ1n) is 14.1. The molecule has 41 heavy (non-hydrogen) atoms. The SMILES string of the molecule is Cc1ccc(OCCN(C)C(=O)[C@@H]2CCC(=O)N[C@@H](CC(C)C)C(=O)N(C)CCOc3ccccc3C(=O)N2)cc1. The van der Waals surface area contributed by atoms with Gasteiger partial charge in [0.15, 0.2) is 0 Å². The number of hydrogen-bond donors (Lipinski definition) is 2. The predicted molar refractivity (Wildman–Crippen MR) is 156 cm³/mol. The van der Waals surface area contributed by atoms with Crippen molar-refractivity contribution in [3.8, 4) is 11.5 Å². The van der Waals surface area contributed by atoms with E-state index in [9.17, 15) is 19.2 Å². The van der Waals surface area contributed by atoms with Crippen molar-refractivity contribution in [1.29, 1.82) is 0 Å². The van der Waals surface area contributed by atoms with Crippen LogP contribution in [0.4, 0.5) is 0 Å². The highest BCUT2D eigenvalue weighted by Gasteiger charge is 2.29. The summed E-state index contributed by atoms with van der Waals surface area (Å²) in [5.74, 6) is -0.193. The van der Waals surface area contributed by atoms with Crippen molar-refractivity contribution in [3.63, 3.8) is 0 Å². The molecule has 2 aromatic carbocycles. The summed E-state index contributed by atoms with van der Waals surface area (Å²) in [6.45, 7) is 6.92. The van der Waals surface area contributed by atoms with Crippen LogP contribution >= 0.6 is 0 Å². The molecular formula is C31H42N4O6. The van der Waals surface area contributed by atoms with Crippen molar-refractivity contribution in [2.75, 3.05) is 40.4 Å². The average molecular weight is 567 g/mol. The molecule has 1 aliphatic rings. The topological polar surface area (TPSA) is 117 Å². The van der Waals surface area contributed by atoms with Crippen LogP contribution in [0.1, 0.15) is 49.0 Å². The summed E-state index contributed by atoms with van der Waals surface area (Å²) in [5.41, 5.74) is 1.38. The van der Waals surface area contributed by atoms with E-state index < -0.39 is 18.0 Å². The summed E-state index contributed by atoms with van der Waals surface area (Å²) in [6.07, 6.45) is 0.483. The van der Waals surface area contributed by atoms with E-state index in [0.717, 1.165) is 5.56 Å². The molecule has 0 aromatic heterocycles. The van der Waals surface area contributed by atoms with Crippen molar-refractivity contribution >= 4 is 23.6 Å². The second-order valence-corrected chi connectivity index (χ2v) is 10.8. The summed E-state index contributed by atoms with van der Waals surface area (Å²) in [6, 6.07) is 12.7. The van der Waals surface area contributed by atoms with E-state index in [1.807, 2.05) is 45.0 Å². The van der Waals surface area contributed by atoms with Gasteiger partial charge >= 0.3 is 0 Å². The Morgan fingerprint density at radius 3 is 2.51 bits per heavy atom. The summed E-state index contributed by atoms with van der Waals surface area (Å²) in [4.78, 5) is 55.9. The highest BCUT2D eigenvalue weighted by molar-refractivity contribution is 5.99. The Kier molecular flexibility index (Phi) is 11.6. The first kappa shape index (κ1) is 31.4. The van der Waals surface area contributed by atoms with Crippen LogP contribution < -0.4 is 20.1 Å².